The van der Waals surface area contributed by atoms with E-state index in [0.29, 0.717) is 0 Å². The first-order valence-electron chi connectivity index (χ1n) is 5.25. The van der Waals surface area contributed by atoms with E-state index in [4.69, 9.17) is 0 Å². The van der Waals surface area contributed by atoms with Crippen molar-refractivity contribution in [2.45, 2.75) is 32.1 Å². The molecule has 0 unspecified atom stereocenters. The normalized spacial score (nSPS) is 17.4. The number of rotatable bonds is 2. The van der Waals surface area contributed by atoms with Gasteiger partial charge in [-0.15, -0.1) is 0 Å². The third kappa shape index (κ3) is 1.41. The first-order chi connectivity index (χ1) is 7.14. The maximum atomic E-state index is 12.0. The molecule has 0 atom stereocenters. The highest BCUT2D eigenvalue weighted by atomic mass is 79.9. The number of anilines is 1. The molecule has 0 aliphatic carbocycles. The van der Waals surface area contributed by atoms with Crippen molar-refractivity contribution >= 4 is 27.5 Å². The Morgan fingerprint density at radius 3 is 2.60 bits per heavy atom. The summed E-state index contributed by atoms with van der Waals surface area (Å²) in [7, 11) is 0. The maximum Gasteiger partial charge on any atom is 0.235 e. The molecule has 1 N–H and O–H groups in total. The zero-order valence-corrected chi connectivity index (χ0v) is 10.5. The monoisotopic (exact) mass is 267 g/mol. The largest absolute Gasteiger partial charge is 0.325 e. The highest BCUT2D eigenvalue weighted by Crippen LogP contribution is 2.43. The molecule has 1 aromatic carbocycles. The number of nitrogens with one attached hydrogen (secondary N) is 1. The Balaban J connectivity index is 2.59. The van der Waals surface area contributed by atoms with E-state index in [2.05, 4.69) is 35.1 Å². The van der Waals surface area contributed by atoms with Gasteiger partial charge in [0, 0.05) is 10.2 Å². The number of fused-ring (bicyclic) bond motifs is 1. The maximum absolute atomic E-state index is 12.0. The van der Waals surface area contributed by atoms with Crippen LogP contribution in [0.25, 0.3) is 0 Å². The van der Waals surface area contributed by atoms with E-state index >= 15 is 0 Å². The summed E-state index contributed by atoms with van der Waals surface area (Å²) >= 11 is 3.41. The van der Waals surface area contributed by atoms with Crippen molar-refractivity contribution in [3.8, 4) is 0 Å². The molecule has 2 nitrogen and oxygen atoms in total. The third-order valence-electron chi connectivity index (χ3n) is 3.39. The van der Waals surface area contributed by atoms with Crippen molar-refractivity contribution in [1.82, 2.24) is 0 Å². The Hall–Kier alpha value is -0.830. The molecule has 0 saturated carbocycles. The predicted molar refractivity (Wildman–Crippen MR) is 65.0 cm³/mol. The van der Waals surface area contributed by atoms with Crippen LogP contribution in [-0.2, 0) is 10.2 Å². The molecule has 0 radical (unpaired) electrons. The van der Waals surface area contributed by atoms with Gasteiger partial charge in [-0.05, 0) is 30.5 Å². The van der Waals surface area contributed by atoms with E-state index in [1.165, 1.54) is 0 Å². The lowest BCUT2D eigenvalue weighted by molar-refractivity contribution is -0.121. The highest BCUT2D eigenvalue weighted by Gasteiger charge is 2.43. The second-order valence-corrected chi connectivity index (χ2v) is 4.85. The number of hydrogen-bond acceptors (Lipinski definition) is 1. The smallest absolute Gasteiger partial charge is 0.235 e. The number of halogens is 1. The number of amides is 1. The minimum Gasteiger partial charge on any atom is -0.325 e. The minimum absolute atomic E-state index is 0.139. The van der Waals surface area contributed by atoms with E-state index in [9.17, 15) is 4.79 Å². The van der Waals surface area contributed by atoms with Gasteiger partial charge in [0.05, 0.1) is 5.41 Å². The summed E-state index contributed by atoms with van der Waals surface area (Å²) in [6.07, 6.45) is 1.70. The van der Waals surface area contributed by atoms with Gasteiger partial charge in [0.1, 0.15) is 0 Å². The van der Waals surface area contributed by atoms with Crippen LogP contribution >= 0.6 is 15.9 Å². The lowest BCUT2D eigenvalue weighted by atomic mass is 9.77. The zero-order chi connectivity index (χ0) is 11.1. The third-order valence-corrected chi connectivity index (χ3v) is 3.88. The average molecular weight is 268 g/mol. The van der Waals surface area contributed by atoms with E-state index < -0.39 is 0 Å². The molecule has 0 bridgehead atoms. The molecule has 1 amide bonds. The first-order valence-corrected chi connectivity index (χ1v) is 6.05. The summed E-state index contributed by atoms with van der Waals surface area (Å²) in [6.45, 7) is 4.14. The SMILES string of the molecule is CCC1(CC)C(=O)Nc2cc(Br)ccc21. The number of benzene rings is 1. The molecule has 80 valence electrons. The summed E-state index contributed by atoms with van der Waals surface area (Å²) in [5.74, 6) is 0.139. The molecule has 2 rings (SSSR count). The average Bonchev–Trinajstić information content (AvgIpc) is 2.49. The van der Waals surface area contributed by atoms with Crippen molar-refractivity contribution in [2.75, 3.05) is 5.32 Å². The topological polar surface area (TPSA) is 29.1 Å². The van der Waals surface area contributed by atoms with Crippen LogP contribution in [-0.4, -0.2) is 5.91 Å². The van der Waals surface area contributed by atoms with Gasteiger partial charge < -0.3 is 5.32 Å². The fourth-order valence-electron chi connectivity index (χ4n) is 2.35. The van der Waals surface area contributed by atoms with Crippen LogP contribution in [0, 0.1) is 0 Å². The van der Waals surface area contributed by atoms with Gasteiger partial charge in [0.2, 0.25) is 5.91 Å². The Morgan fingerprint density at radius 2 is 2.00 bits per heavy atom. The van der Waals surface area contributed by atoms with E-state index in [0.717, 1.165) is 28.6 Å². The first kappa shape index (κ1) is 10.7. The van der Waals surface area contributed by atoms with Crippen molar-refractivity contribution in [2.24, 2.45) is 0 Å². The summed E-state index contributed by atoms with van der Waals surface area (Å²) < 4.78 is 1.00. The molecule has 1 aromatic rings. The molecule has 1 heterocycles. The van der Waals surface area contributed by atoms with Gasteiger partial charge >= 0.3 is 0 Å². The minimum atomic E-state index is -0.309. The number of hydrogen-bond donors (Lipinski definition) is 1. The van der Waals surface area contributed by atoms with Gasteiger partial charge in [-0.1, -0.05) is 35.8 Å². The van der Waals surface area contributed by atoms with Gasteiger partial charge in [-0.3, -0.25) is 4.79 Å². The molecular weight excluding hydrogens is 254 g/mol. The van der Waals surface area contributed by atoms with Gasteiger partial charge in [-0.2, -0.15) is 0 Å². The van der Waals surface area contributed by atoms with Crippen LogP contribution < -0.4 is 5.32 Å². The second-order valence-electron chi connectivity index (χ2n) is 3.93. The van der Waals surface area contributed by atoms with Crippen molar-refractivity contribution in [1.29, 1.82) is 0 Å². The van der Waals surface area contributed by atoms with Crippen LogP contribution in [0.5, 0.6) is 0 Å². The molecule has 0 saturated heterocycles. The lowest BCUT2D eigenvalue weighted by Gasteiger charge is -2.23. The van der Waals surface area contributed by atoms with Crippen LogP contribution in [0.3, 0.4) is 0 Å². The van der Waals surface area contributed by atoms with Crippen molar-refractivity contribution in [3.05, 3.63) is 28.2 Å². The zero-order valence-electron chi connectivity index (χ0n) is 8.93. The number of carbonyl (C=O) groups excluding carboxylic acids is 1. The van der Waals surface area contributed by atoms with Crippen LogP contribution in [0.2, 0.25) is 0 Å². The summed E-state index contributed by atoms with van der Waals surface area (Å²) in [6, 6.07) is 6.02. The highest BCUT2D eigenvalue weighted by molar-refractivity contribution is 9.10. The van der Waals surface area contributed by atoms with E-state index in [1.54, 1.807) is 0 Å². The Kier molecular flexibility index (Phi) is 2.59. The molecular formula is C12H14BrNO. The van der Waals surface area contributed by atoms with Crippen LogP contribution in [0.1, 0.15) is 32.3 Å². The molecule has 1 aliphatic heterocycles. The Labute approximate surface area is 98.2 Å². The van der Waals surface area contributed by atoms with E-state index in [1.807, 2.05) is 18.2 Å². The molecule has 1 aliphatic rings. The summed E-state index contributed by atoms with van der Waals surface area (Å²) in [4.78, 5) is 12.0. The summed E-state index contributed by atoms with van der Waals surface area (Å²) in [5.41, 5.74) is 1.79. The van der Waals surface area contributed by atoms with Gasteiger partial charge in [0.25, 0.3) is 0 Å². The van der Waals surface area contributed by atoms with Gasteiger partial charge in [-0.25, -0.2) is 0 Å². The molecule has 15 heavy (non-hydrogen) atoms. The number of carbonyl (C=O) groups is 1. The quantitative estimate of drug-likeness (QED) is 0.874. The molecule has 0 aromatic heterocycles. The molecule has 0 spiro atoms. The fraction of sp³-hybridized carbons (Fsp3) is 0.417. The second kappa shape index (κ2) is 3.63. The Morgan fingerprint density at radius 1 is 1.33 bits per heavy atom. The standard InChI is InChI=1S/C12H14BrNO/c1-3-12(4-2)9-6-5-8(13)7-10(9)14-11(12)15/h5-7H,3-4H2,1-2H3,(H,14,15). The van der Waals surface area contributed by atoms with Crippen molar-refractivity contribution < 1.29 is 4.79 Å². The Bertz CT molecular complexity index is 410. The van der Waals surface area contributed by atoms with E-state index in [-0.39, 0.29) is 11.3 Å². The predicted octanol–water partition coefficient (Wildman–Crippen LogP) is 3.46. The fourth-order valence-corrected chi connectivity index (χ4v) is 2.71. The summed E-state index contributed by atoms with van der Waals surface area (Å²) in [5, 5.41) is 2.96. The van der Waals surface area contributed by atoms with Crippen LogP contribution in [0.15, 0.2) is 22.7 Å². The molecule has 0 fully saturated rings. The van der Waals surface area contributed by atoms with Crippen molar-refractivity contribution in [3.63, 3.8) is 0 Å². The molecule has 3 heteroatoms. The lowest BCUT2D eigenvalue weighted by Crippen LogP contribution is -2.32. The van der Waals surface area contributed by atoms with Gasteiger partial charge in [0.15, 0.2) is 0 Å². The van der Waals surface area contributed by atoms with Crippen LogP contribution in [0.4, 0.5) is 5.69 Å².